The van der Waals surface area contributed by atoms with Crippen LogP contribution in [-0.4, -0.2) is 29.8 Å². The van der Waals surface area contributed by atoms with Crippen LogP contribution in [0.5, 0.6) is 17.5 Å². The first kappa shape index (κ1) is 12.4. The normalized spacial score (nSPS) is 9.94. The van der Waals surface area contributed by atoms with E-state index in [2.05, 4.69) is 9.97 Å². The van der Waals surface area contributed by atoms with E-state index in [0.717, 1.165) is 0 Å². The highest BCUT2D eigenvalue weighted by molar-refractivity contribution is 5.46. The lowest BCUT2D eigenvalue weighted by Gasteiger charge is -2.13. The molecule has 1 rings (SSSR count). The fourth-order valence-corrected chi connectivity index (χ4v) is 1.16. The van der Waals surface area contributed by atoms with Gasteiger partial charge < -0.3 is 19.9 Å². The first-order valence-corrected chi connectivity index (χ1v) is 5.28. The maximum absolute atomic E-state index is 5.55. The van der Waals surface area contributed by atoms with Crippen LogP contribution < -0.4 is 19.9 Å². The van der Waals surface area contributed by atoms with Crippen molar-refractivity contribution < 1.29 is 14.2 Å². The molecule has 0 saturated carbocycles. The molecule has 0 fully saturated rings. The summed E-state index contributed by atoms with van der Waals surface area (Å²) in [5.41, 5.74) is 5.55. The molecule has 1 aromatic heterocycles. The van der Waals surface area contributed by atoms with Gasteiger partial charge in [0.2, 0.25) is 11.7 Å². The van der Waals surface area contributed by atoms with Crippen molar-refractivity contribution in [3.8, 4) is 17.5 Å². The fourth-order valence-electron chi connectivity index (χ4n) is 1.16. The summed E-state index contributed by atoms with van der Waals surface area (Å²) in [7, 11) is 0. The third-order valence-electron chi connectivity index (χ3n) is 1.67. The van der Waals surface area contributed by atoms with Crippen LogP contribution in [0.3, 0.4) is 0 Å². The van der Waals surface area contributed by atoms with E-state index in [1.165, 1.54) is 0 Å². The van der Waals surface area contributed by atoms with Gasteiger partial charge in [-0.25, -0.2) is 0 Å². The molecule has 0 saturated heterocycles. The molecule has 6 nitrogen and oxygen atoms in total. The monoisotopic (exact) mass is 227 g/mol. The molecule has 0 aliphatic carbocycles. The summed E-state index contributed by atoms with van der Waals surface area (Å²) in [6, 6.07) is 0. The Morgan fingerprint density at radius 2 is 1.31 bits per heavy atom. The van der Waals surface area contributed by atoms with E-state index >= 15 is 0 Å². The van der Waals surface area contributed by atoms with E-state index < -0.39 is 0 Å². The van der Waals surface area contributed by atoms with Crippen LogP contribution in [0.25, 0.3) is 0 Å². The zero-order valence-electron chi connectivity index (χ0n) is 9.82. The van der Waals surface area contributed by atoms with Gasteiger partial charge in [0.15, 0.2) is 0 Å². The van der Waals surface area contributed by atoms with Crippen molar-refractivity contribution in [3.05, 3.63) is 0 Å². The predicted molar refractivity (Wildman–Crippen MR) is 60.0 cm³/mol. The SMILES string of the molecule is CCOc1nc(N)nc(OCC)c1OCC. The topological polar surface area (TPSA) is 79.5 Å². The number of hydrogen-bond acceptors (Lipinski definition) is 6. The van der Waals surface area contributed by atoms with Crippen LogP contribution in [0.2, 0.25) is 0 Å². The Hall–Kier alpha value is -1.72. The molecule has 16 heavy (non-hydrogen) atoms. The number of aromatic nitrogens is 2. The zero-order chi connectivity index (χ0) is 12.0. The fraction of sp³-hybridized carbons (Fsp3) is 0.600. The van der Waals surface area contributed by atoms with Gasteiger partial charge in [0.1, 0.15) is 0 Å². The van der Waals surface area contributed by atoms with E-state index in [-0.39, 0.29) is 5.95 Å². The smallest absolute Gasteiger partial charge is 0.266 e. The molecule has 2 N–H and O–H groups in total. The minimum atomic E-state index is 0.107. The second-order valence-corrected chi connectivity index (χ2v) is 2.82. The van der Waals surface area contributed by atoms with E-state index in [1.807, 2.05) is 20.8 Å². The quantitative estimate of drug-likeness (QED) is 0.788. The Morgan fingerprint density at radius 3 is 1.69 bits per heavy atom. The number of ether oxygens (including phenoxy) is 3. The molecule has 0 aromatic carbocycles. The maximum Gasteiger partial charge on any atom is 0.266 e. The van der Waals surface area contributed by atoms with Gasteiger partial charge in [-0.3, -0.25) is 0 Å². The molecular formula is C10H17N3O3. The van der Waals surface area contributed by atoms with Crippen LogP contribution in [-0.2, 0) is 0 Å². The van der Waals surface area contributed by atoms with Gasteiger partial charge in [0.25, 0.3) is 11.8 Å². The molecule has 1 aromatic rings. The van der Waals surface area contributed by atoms with Crippen molar-refractivity contribution in [2.75, 3.05) is 25.6 Å². The van der Waals surface area contributed by atoms with Gasteiger partial charge in [-0.1, -0.05) is 0 Å². The van der Waals surface area contributed by atoms with E-state index in [1.54, 1.807) is 0 Å². The highest BCUT2D eigenvalue weighted by Gasteiger charge is 2.17. The van der Waals surface area contributed by atoms with Crippen molar-refractivity contribution in [2.45, 2.75) is 20.8 Å². The molecule has 0 amide bonds. The van der Waals surface area contributed by atoms with Gasteiger partial charge in [-0.15, -0.1) is 0 Å². The highest BCUT2D eigenvalue weighted by atomic mass is 16.5. The van der Waals surface area contributed by atoms with Crippen LogP contribution >= 0.6 is 0 Å². The van der Waals surface area contributed by atoms with E-state index in [4.69, 9.17) is 19.9 Å². The summed E-state index contributed by atoms with van der Waals surface area (Å²) >= 11 is 0. The Morgan fingerprint density at radius 1 is 0.875 bits per heavy atom. The molecule has 0 atom stereocenters. The summed E-state index contributed by atoms with van der Waals surface area (Å²) < 4.78 is 16.0. The third kappa shape index (κ3) is 2.88. The Balaban J connectivity index is 3.12. The van der Waals surface area contributed by atoms with Crippen LogP contribution in [0, 0.1) is 0 Å². The van der Waals surface area contributed by atoms with Crippen LogP contribution in [0.15, 0.2) is 0 Å². The highest BCUT2D eigenvalue weighted by Crippen LogP contribution is 2.34. The molecule has 6 heteroatoms. The van der Waals surface area contributed by atoms with Crippen molar-refractivity contribution in [1.82, 2.24) is 9.97 Å². The first-order valence-electron chi connectivity index (χ1n) is 5.28. The predicted octanol–water partition coefficient (Wildman–Crippen LogP) is 1.25. The van der Waals surface area contributed by atoms with Crippen LogP contribution in [0.1, 0.15) is 20.8 Å². The molecule has 0 spiro atoms. The number of nitrogen functional groups attached to an aromatic ring is 1. The van der Waals surface area contributed by atoms with E-state index in [0.29, 0.717) is 37.3 Å². The van der Waals surface area contributed by atoms with Gasteiger partial charge >= 0.3 is 0 Å². The Labute approximate surface area is 94.7 Å². The van der Waals surface area contributed by atoms with Crippen molar-refractivity contribution in [2.24, 2.45) is 0 Å². The lowest BCUT2D eigenvalue weighted by atomic mass is 10.5. The number of anilines is 1. The van der Waals surface area contributed by atoms with Gasteiger partial charge in [0.05, 0.1) is 19.8 Å². The Bertz CT molecular complexity index is 317. The standard InChI is InChI=1S/C10H17N3O3/c1-4-14-7-8(15-5-2)12-10(11)13-9(7)16-6-3/h4-6H2,1-3H3,(H2,11,12,13). The average Bonchev–Trinajstić information content (AvgIpc) is 2.24. The third-order valence-corrected chi connectivity index (χ3v) is 1.67. The summed E-state index contributed by atoms with van der Waals surface area (Å²) in [6.07, 6.45) is 0. The Kier molecular flexibility index (Phi) is 4.63. The molecular weight excluding hydrogens is 210 g/mol. The summed E-state index contributed by atoms with van der Waals surface area (Å²) in [5.74, 6) is 1.15. The minimum absolute atomic E-state index is 0.107. The van der Waals surface area contributed by atoms with Gasteiger partial charge in [0, 0.05) is 0 Å². The lowest BCUT2D eigenvalue weighted by Crippen LogP contribution is -2.08. The lowest BCUT2D eigenvalue weighted by molar-refractivity contribution is 0.247. The molecule has 90 valence electrons. The number of nitrogens with two attached hydrogens (primary N) is 1. The molecule has 0 bridgehead atoms. The molecule has 0 radical (unpaired) electrons. The molecule has 0 aliphatic heterocycles. The van der Waals surface area contributed by atoms with E-state index in [9.17, 15) is 0 Å². The second kappa shape index (κ2) is 5.99. The molecule has 1 heterocycles. The number of nitrogens with zero attached hydrogens (tertiary/aromatic N) is 2. The zero-order valence-corrected chi connectivity index (χ0v) is 9.82. The second-order valence-electron chi connectivity index (χ2n) is 2.82. The summed E-state index contributed by atoms with van der Waals surface area (Å²) in [5, 5.41) is 0. The van der Waals surface area contributed by atoms with Crippen molar-refractivity contribution in [3.63, 3.8) is 0 Å². The van der Waals surface area contributed by atoms with Crippen molar-refractivity contribution in [1.29, 1.82) is 0 Å². The summed E-state index contributed by atoms with van der Waals surface area (Å²) in [6.45, 7) is 7.00. The number of rotatable bonds is 6. The van der Waals surface area contributed by atoms with Gasteiger partial charge in [-0.2, -0.15) is 9.97 Å². The van der Waals surface area contributed by atoms with Crippen molar-refractivity contribution >= 4 is 5.95 Å². The van der Waals surface area contributed by atoms with Crippen LogP contribution in [0.4, 0.5) is 5.95 Å². The average molecular weight is 227 g/mol. The number of hydrogen-bond donors (Lipinski definition) is 1. The molecule has 0 unspecified atom stereocenters. The van der Waals surface area contributed by atoms with Gasteiger partial charge in [-0.05, 0) is 20.8 Å². The molecule has 0 aliphatic rings. The minimum Gasteiger partial charge on any atom is -0.484 e. The summed E-state index contributed by atoms with van der Waals surface area (Å²) in [4.78, 5) is 7.93. The maximum atomic E-state index is 5.55. The largest absolute Gasteiger partial charge is 0.484 e. The first-order chi connectivity index (χ1) is 7.72.